The van der Waals surface area contributed by atoms with E-state index in [0.717, 1.165) is 42.4 Å². The summed E-state index contributed by atoms with van der Waals surface area (Å²) in [4.78, 5) is 32.5. The molecule has 0 radical (unpaired) electrons. The molecule has 212 valence electrons. The summed E-state index contributed by atoms with van der Waals surface area (Å²) in [6.45, 7) is 5.35. The number of carbonyl (C=O) groups excluding carboxylic acids is 1. The molecule has 2 saturated heterocycles. The Kier molecular flexibility index (Phi) is 6.33. The second-order valence-corrected chi connectivity index (χ2v) is 11.1. The number of benzene rings is 2. The predicted molar refractivity (Wildman–Crippen MR) is 158 cm³/mol. The lowest BCUT2D eigenvalue weighted by Gasteiger charge is -2.38. The molecule has 1 unspecified atom stereocenters. The van der Waals surface area contributed by atoms with Gasteiger partial charge in [-0.15, -0.1) is 0 Å². The van der Waals surface area contributed by atoms with E-state index in [4.69, 9.17) is 9.72 Å². The minimum absolute atomic E-state index is 0.00955. The first kappa shape index (κ1) is 26.1. The van der Waals surface area contributed by atoms with Crippen molar-refractivity contribution in [3.8, 4) is 11.5 Å². The molecule has 2 aromatic carbocycles. The molecule has 3 atom stereocenters. The Morgan fingerprint density at radius 1 is 1.07 bits per heavy atom. The molecule has 0 aliphatic carbocycles. The lowest BCUT2D eigenvalue weighted by atomic mass is 9.87. The smallest absolute Gasteiger partial charge is 0.246 e. The number of rotatable bonds is 6. The number of nitrogens with one attached hydrogen (secondary N) is 1. The first-order valence-electron chi connectivity index (χ1n) is 14.1. The fourth-order valence-corrected chi connectivity index (χ4v) is 6.47. The Hall–Kier alpha value is -4.86. The maximum Gasteiger partial charge on any atom is 0.246 e. The van der Waals surface area contributed by atoms with Gasteiger partial charge in [-0.2, -0.15) is 0 Å². The van der Waals surface area contributed by atoms with E-state index in [2.05, 4.69) is 26.8 Å². The second-order valence-electron chi connectivity index (χ2n) is 11.1. The molecule has 2 aliphatic heterocycles. The summed E-state index contributed by atoms with van der Waals surface area (Å²) in [6.07, 6.45) is 8.31. The van der Waals surface area contributed by atoms with Crippen LogP contribution in [0.25, 0.3) is 22.1 Å². The number of fused-ring (bicyclic) bond motifs is 4. The van der Waals surface area contributed by atoms with Gasteiger partial charge in [0.2, 0.25) is 5.91 Å². The molecule has 1 N–H and O–H groups in total. The number of amides is 1. The number of halogens is 1. The monoisotopic (exact) mass is 563 g/mol. The zero-order valence-corrected chi connectivity index (χ0v) is 23.4. The Morgan fingerprint density at radius 2 is 1.88 bits per heavy atom. The number of ether oxygens (including phenoxy) is 1. The average molecular weight is 564 g/mol. The molecule has 5 heterocycles. The van der Waals surface area contributed by atoms with E-state index in [1.54, 1.807) is 25.4 Å². The van der Waals surface area contributed by atoms with E-state index in [1.807, 2.05) is 46.8 Å². The van der Waals surface area contributed by atoms with Gasteiger partial charge in [-0.05, 0) is 75.1 Å². The summed E-state index contributed by atoms with van der Waals surface area (Å²) in [7, 11) is 1.93. The number of hydrogen-bond donors (Lipinski definition) is 1. The fourth-order valence-electron chi connectivity index (χ4n) is 6.47. The highest BCUT2D eigenvalue weighted by atomic mass is 19.1. The third-order valence-corrected chi connectivity index (χ3v) is 8.60. The zero-order chi connectivity index (χ0) is 29.0. The van der Waals surface area contributed by atoms with Gasteiger partial charge in [0.25, 0.3) is 0 Å². The molecule has 1 amide bonds. The molecule has 2 aliphatic rings. The van der Waals surface area contributed by atoms with Crippen LogP contribution in [0.15, 0.2) is 67.8 Å². The van der Waals surface area contributed by atoms with Crippen LogP contribution in [0.2, 0.25) is 0 Å². The van der Waals surface area contributed by atoms with Crippen molar-refractivity contribution in [1.29, 1.82) is 0 Å². The Morgan fingerprint density at radius 3 is 2.67 bits per heavy atom. The van der Waals surface area contributed by atoms with Gasteiger partial charge in [-0.3, -0.25) is 4.79 Å². The van der Waals surface area contributed by atoms with Crippen molar-refractivity contribution in [2.75, 3.05) is 5.32 Å². The maximum atomic E-state index is 15.6. The van der Waals surface area contributed by atoms with Gasteiger partial charge in [0.1, 0.15) is 23.3 Å². The van der Waals surface area contributed by atoms with Crippen molar-refractivity contribution in [1.82, 2.24) is 29.4 Å². The molecule has 9 nitrogen and oxygen atoms in total. The van der Waals surface area contributed by atoms with E-state index in [0.29, 0.717) is 33.9 Å². The first-order chi connectivity index (χ1) is 20.4. The molecular formula is C32H30FN7O2. The number of nitrogens with zero attached hydrogens (tertiary/aromatic N) is 6. The molecule has 7 rings (SSSR count). The molecule has 5 aromatic rings. The van der Waals surface area contributed by atoms with Gasteiger partial charge >= 0.3 is 0 Å². The van der Waals surface area contributed by atoms with Gasteiger partial charge < -0.3 is 19.5 Å². The van der Waals surface area contributed by atoms with E-state index in [1.165, 1.54) is 12.4 Å². The normalized spacial score (nSPS) is 19.8. The predicted octanol–water partition coefficient (Wildman–Crippen LogP) is 6.32. The van der Waals surface area contributed by atoms with E-state index >= 15 is 4.39 Å². The van der Waals surface area contributed by atoms with Crippen LogP contribution < -0.4 is 10.1 Å². The van der Waals surface area contributed by atoms with Crippen molar-refractivity contribution in [2.24, 2.45) is 7.05 Å². The Bertz CT molecular complexity index is 1860. The molecule has 0 spiro atoms. The summed E-state index contributed by atoms with van der Waals surface area (Å²) in [6, 6.07) is 13.3. The Balaban J connectivity index is 1.14. The lowest BCUT2D eigenvalue weighted by molar-refractivity contribution is -0.130. The molecule has 2 fully saturated rings. The van der Waals surface area contributed by atoms with Crippen LogP contribution in [0.5, 0.6) is 11.5 Å². The van der Waals surface area contributed by atoms with Gasteiger partial charge in [0.05, 0.1) is 28.6 Å². The van der Waals surface area contributed by atoms with Crippen molar-refractivity contribution in [3.05, 3.63) is 84.8 Å². The van der Waals surface area contributed by atoms with Crippen LogP contribution in [0, 0.1) is 12.7 Å². The standard InChI is InChI=1S/C32H30FN7O2/c1-4-29(41)40-20-5-6-21(40)14-19(13-20)23-8-9-25-31(37-23)32(35-16-34-25)38-24-10-12-28(18(2)30(24)33)42-22-7-11-27-26(15-22)36-17-39(27)3/h4,7-12,15-17,19-21H,1,5-6,13-14H2,2-3H3,(H,34,35,38)/t19?,20-,21+. The van der Waals surface area contributed by atoms with Crippen LogP contribution in [0.3, 0.4) is 0 Å². The summed E-state index contributed by atoms with van der Waals surface area (Å²) in [5, 5.41) is 3.14. The number of pyridine rings is 1. The van der Waals surface area contributed by atoms with Crippen LogP contribution in [0.4, 0.5) is 15.9 Å². The molecule has 2 bridgehead atoms. The summed E-state index contributed by atoms with van der Waals surface area (Å²) < 4.78 is 23.6. The van der Waals surface area contributed by atoms with E-state index < -0.39 is 5.82 Å². The van der Waals surface area contributed by atoms with Gasteiger partial charge in [-0.25, -0.2) is 24.3 Å². The molecule has 10 heteroatoms. The minimum Gasteiger partial charge on any atom is -0.457 e. The molecule has 0 saturated carbocycles. The number of imidazole rings is 1. The topological polar surface area (TPSA) is 98.1 Å². The fraction of sp³-hybridized carbons (Fsp3) is 0.281. The third kappa shape index (κ3) is 4.43. The van der Waals surface area contributed by atoms with Crippen molar-refractivity contribution >= 4 is 39.5 Å². The summed E-state index contributed by atoms with van der Waals surface area (Å²) in [5.74, 6) is 1.21. The largest absolute Gasteiger partial charge is 0.457 e. The van der Waals surface area contributed by atoms with Crippen molar-refractivity contribution in [3.63, 3.8) is 0 Å². The van der Waals surface area contributed by atoms with Gasteiger partial charge in [-0.1, -0.05) is 6.58 Å². The van der Waals surface area contributed by atoms with Gasteiger partial charge in [0, 0.05) is 42.4 Å². The number of piperidine rings is 1. The molecule has 3 aromatic heterocycles. The number of carbonyl (C=O) groups is 1. The zero-order valence-electron chi connectivity index (χ0n) is 23.4. The number of aromatic nitrogens is 5. The van der Waals surface area contributed by atoms with Crippen molar-refractivity contribution in [2.45, 2.75) is 50.6 Å². The highest BCUT2D eigenvalue weighted by molar-refractivity contribution is 5.88. The summed E-state index contributed by atoms with van der Waals surface area (Å²) >= 11 is 0. The third-order valence-electron chi connectivity index (χ3n) is 8.60. The van der Waals surface area contributed by atoms with Crippen molar-refractivity contribution < 1.29 is 13.9 Å². The summed E-state index contributed by atoms with van der Waals surface area (Å²) in [5.41, 5.74) is 4.60. The average Bonchev–Trinajstić information content (AvgIpc) is 3.51. The maximum absolute atomic E-state index is 15.6. The van der Waals surface area contributed by atoms with E-state index in [-0.39, 0.29) is 29.6 Å². The highest BCUT2D eigenvalue weighted by Crippen LogP contribution is 2.43. The van der Waals surface area contributed by atoms with Crippen LogP contribution in [-0.2, 0) is 11.8 Å². The minimum atomic E-state index is -0.440. The molecule has 42 heavy (non-hydrogen) atoms. The van der Waals surface area contributed by atoms with Crippen LogP contribution >= 0.6 is 0 Å². The number of hydrogen-bond acceptors (Lipinski definition) is 7. The van der Waals surface area contributed by atoms with Crippen LogP contribution in [0.1, 0.15) is 42.9 Å². The number of anilines is 2. The Labute approximate surface area is 242 Å². The van der Waals surface area contributed by atoms with Crippen LogP contribution in [-0.4, -0.2) is 47.4 Å². The second kappa shape index (κ2) is 10.2. The van der Waals surface area contributed by atoms with E-state index in [9.17, 15) is 4.79 Å². The van der Waals surface area contributed by atoms with Gasteiger partial charge in [0.15, 0.2) is 11.6 Å². The quantitative estimate of drug-likeness (QED) is 0.242. The first-order valence-corrected chi connectivity index (χ1v) is 14.1. The SMILES string of the molecule is C=CC(=O)N1[C@@H]2CC[C@H]1CC(c1ccc3ncnc(Nc4ccc(Oc5ccc6c(c5)ncn6C)c(C)c4F)c3n1)C2. The highest BCUT2D eigenvalue weighted by Gasteiger charge is 2.43. The molecular weight excluding hydrogens is 533 g/mol. The number of aryl methyl sites for hydroxylation is 1. The lowest BCUT2D eigenvalue weighted by Crippen LogP contribution is -2.45.